The first-order chi connectivity index (χ1) is 8.79. The van der Waals surface area contributed by atoms with E-state index in [9.17, 15) is 0 Å². The van der Waals surface area contributed by atoms with Gasteiger partial charge in [0.2, 0.25) is 0 Å². The van der Waals surface area contributed by atoms with Gasteiger partial charge in [-0.05, 0) is 43.5 Å². The molecule has 1 N–H and O–H groups in total. The number of benzene rings is 1. The Morgan fingerprint density at radius 2 is 2.11 bits per heavy atom. The molecule has 0 atom stereocenters. The van der Waals surface area contributed by atoms with Gasteiger partial charge in [-0.1, -0.05) is 37.4 Å². The van der Waals surface area contributed by atoms with Crippen LogP contribution in [0.5, 0.6) is 0 Å². The van der Waals surface area contributed by atoms with E-state index in [1.165, 1.54) is 42.6 Å². The highest BCUT2D eigenvalue weighted by molar-refractivity contribution is 8.00. The van der Waals surface area contributed by atoms with E-state index >= 15 is 0 Å². The SMILES string of the molecule is CCCNCc1ccc(SC2CCCC2)c(Cl)c1. The molecular weight excluding hydrogens is 262 g/mol. The standard InChI is InChI=1S/C15H22ClNS/c1-2-9-17-11-12-7-8-15(14(16)10-12)18-13-5-3-4-6-13/h7-8,10,13,17H,2-6,9,11H2,1H3. The van der Waals surface area contributed by atoms with Gasteiger partial charge in [0.15, 0.2) is 0 Å². The molecule has 100 valence electrons. The Hall–Kier alpha value is -0.180. The molecule has 0 saturated heterocycles. The maximum Gasteiger partial charge on any atom is 0.0545 e. The van der Waals surface area contributed by atoms with Gasteiger partial charge in [-0.25, -0.2) is 0 Å². The Labute approximate surface area is 120 Å². The fraction of sp³-hybridized carbons (Fsp3) is 0.600. The summed E-state index contributed by atoms with van der Waals surface area (Å²) in [6, 6.07) is 6.50. The summed E-state index contributed by atoms with van der Waals surface area (Å²) in [6.07, 6.45) is 6.63. The summed E-state index contributed by atoms with van der Waals surface area (Å²) in [5.41, 5.74) is 1.28. The first kappa shape index (κ1) is 14.2. The normalized spacial score (nSPS) is 16.3. The molecule has 1 nitrogen and oxygen atoms in total. The molecule has 0 heterocycles. The van der Waals surface area contributed by atoms with Crippen molar-refractivity contribution in [3.8, 4) is 0 Å². The molecule has 0 aromatic heterocycles. The van der Waals surface area contributed by atoms with Gasteiger partial charge < -0.3 is 5.32 Å². The summed E-state index contributed by atoms with van der Waals surface area (Å²) in [5, 5.41) is 5.11. The quantitative estimate of drug-likeness (QED) is 0.747. The summed E-state index contributed by atoms with van der Waals surface area (Å²) in [5.74, 6) is 0. The summed E-state index contributed by atoms with van der Waals surface area (Å²) < 4.78 is 0. The first-order valence-electron chi connectivity index (χ1n) is 6.95. The Morgan fingerprint density at radius 1 is 1.33 bits per heavy atom. The van der Waals surface area contributed by atoms with Crippen molar-refractivity contribution < 1.29 is 0 Å². The van der Waals surface area contributed by atoms with Gasteiger partial charge in [-0.3, -0.25) is 0 Å². The van der Waals surface area contributed by atoms with E-state index in [4.69, 9.17) is 11.6 Å². The molecule has 1 aliphatic rings. The van der Waals surface area contributed by atoms with Crippen molar-refractivity contribution in [3.63, 3.8) is 0 Å². The highest BCUT2D eigenvalue weighted by Crippen LogP contribution is 2.38. The van der Waals surface area contributed by atoms with Crippen LogP contribution in [0.3, 0.4) is 0 Å². The molecule has 0 radical (unpaired) electrons. The minimum absolute atomic E-state index is 0.784. The van der Waals surface area contributed by atoms with Crippen molar-refractivity contribution in [2.45, 2.75) is 55.7 Å². The average Bonchev–Trinajstić information content (AvgIpc) is 2.86. The molecule has 0 amide bonds. The van der Waals surface area contributed by atoms with Gasteiger partial charge in [0.05, 0.1) is 5.02 Å². The van der Waals surface area contributed by atoms with Crippen LogP contribution in [0.2, 0.25) is 5.02 Å². The van der Waals surface area contributed by atoms with Crippen molar-refractivity contribution in [1.82, 2.24) is 5.32 Å². The van der Waals surface area contributed by atoms with Crippen molar-refractivity contribution in [2.24, 2.45) is 0 Å². The molecule has 0 aliphatic heterocycles. The minimum atomic E-state index is 0.784. The van der Waals surface area contributed by atoms with Crippen LogP contribution in [0.15, 0.2) is 23.1 Å². The fourth-order valence-electron chi connectivity index (χ4n) is 2.35. The summed E-state index contributed by atoms with van der Waals surface area (Å²) in [7, 11) is 0. The van der Waals surface area contributed by atoms with Crippen LogP contribution in [0, 0.1) is 0 Å². The lowest BCUT2D eigenvalue weighted by molar-refractivity contribution is 0.675. The van der Waals surface area contributed by atoms with E-state index < -0.39 is 0 Å². The molecular formula is C15H22ClNS. The molecule has 0 spiro atoms. The Bertz CT molecular complexity index is 375. The molecule has 0 unspecified atom stereocenters. The van der Waals surface area contributed by atoms with Gasteiger partial charge >= 0.3 is 0 Å². The van der Waals surface area contributed by atoms with Gasteiger partial charge in [0.1, 0.15) is 0 Å². The molecule has 1 aromatic carbocycles. The molecule has 0 bridgehead atoms. The van der Waals surface area contributed by atoms with E-state index in [0.717, 1.165) is 23.4 Å². The number of nitrogens with one attached hydrogen (secondary N) is 1. The number of hydrogen-bond acceptors (Lipinski definition) is 2. The van der Waals surface area contributed by atoms with Crippen LogP contribution in [-0.4, -0.2) is 11.8 Å². The fourth-order valence-corrected chi connectivity index (χ4v) is 3.93. The van der Waals surface area contributed by atoms with Crippen LogP contribution in [0.25, 0.3) is 0 Å². The van der Waals surface area contributed by atoms with E-state index in [-0.39, 0.29) is 0 Å². The van der Waals surface area contributed by atoms with E-state index in [1.54, 1.807) is 0 Å². The minimum Gasteiger partial charge on any atom is -0.313 e. The highest BCUT2D eigenvalue weighted by Gasteiger charge is 2.17. The second kappa shape index (κ2) is 7.42. The maximum absolute atomic E-state index is 6.37. The van der Waals surface area contributed by atoms with Crippen LogP contribution in [-0.2, 0) is 6.54 Å². The lowest BCUT2D eigenvalue weighted by Crippen LogP contribution is -2.13. The zero-order chi connectivity index (χ0) is 12.8. The van der Waals surface area contributed by atoms with E-state index in [1.807, 2.05) is 11.8 Å². The summed E-state index contributed by atoms with van der Waals surface area (Å²) >= 11 is 8.33. The van der Waals surface area contributed by atoms with Gasteiger partial charge in [0.25, 0.3) is 0 Å². The summed E-state index contributed by atoms with van der Waals surface area (Å²) in [6.45, 7) is 4.17. The second-order valence-corrected chi connectivity index (χ2v) is 6.72. The van der Waals surface area contributed by atoms with E-state index in [0.29, 0.717) is 0 Å². The topological polar surface area (TPSA) is 12.0 Å². The number of hydrogen-bond donors (Lipinski definition) is 1. The molecule has 3 heteroatoms. The van der Waals surface area contributed by atoms with Gasteiger partial charge in [-0.2, -0.15) is 0 Å². The van der Waals surface area contributed by atoms with Gasteiger partial charge in [0, 0.05) is 16.7 Å². The Balaban J connectivity index is 1.91. The third kappa shape index (κ3) is 4.18. The number of thioether (sulfide) groups is 1. The maximum atomic E-state index is 6.37. The molecule has 1 aromatic rings. The first-order valence-corrected chi connectivity index (χ1v) is 8.21. The van der Waals surface area contributed by atoms with Crippen LogP contribution < -0.4 is 5.32 Å². The number of rotatable bonds is 6. The predicted molar refractivity (Wildman–Crippen MR) is 81.6 cm³/mol. The van der Waals surface area contributed by atoms with Crippen molar-refractivity contribution in [2.75, 3.05) is 6.54 Å². The monoisotopic (exact) mass is 283 g/mol. The second-order valence-electron chi connectivity index (χ2n) is 4.97. The smallest absolute Gasteiger partial charge is 0.0545 e. The van der Waals surface area contributed by atoms with Crippen molar-refractivity contribution in [3.05, 3.63) is 28.8 Å². The molecule has 2 rings (SSSR count). The van der Waals surface area contributed by atoms with Crippen LogP contribution in [0.4, 0.5) is 0 Å². The third-order valence-corrected chi connectivity index (χ3v) is 5.19. The van der Waals surface area contributed by atoms with Crippen molar-refractivity contribution in [1.29, 1.82) is 0 Å². The molecule has 1 fully saturated rings. The average molecular weight is 284 g/mol. The summed E-state index contributed by atoms with van der Waals surface area (Å²) in [4.78, 5) is 1.25. The predicted octanol–water partition coefficient (Wildman–Crippen LogP) is 4.87. The van der Waals surface area contributed by atoms with Crippen LogP contribution >= 0.6 is 23.4 Å². The molecule has 1 aliphatic carbocycles. The lowest BCUT2D eigenvalue weighted by atomic mass is 10.2. The number of halogens is 1. The van der Waals surface area contributed by atoms with E-state index in [2.05, 4.69) is 30.4 Å². The Morgan fingerprint density at radius 3 is 2.78 bits per heavy atom. The zero-order valence-corrected chi connectivity index (χ0v) is 12.6. The Kier molecular flexibility index (Phi) is 5.87. The molecule has 18 heavy (non-hydrogen) atoms. The largest absolute Gasteiger partial charge is 0.313 e. The molecule has 1 saturated carbocycles. The third-order valence-electron chi connectivity index (χ3n) is 3.35. The van der Waals surface area contributed by atoms with Crippen LogP contribution in [0.1, 0.15) is 44.6 Å². The van der Waals surface area contributed by atoms with Gasteiger partial charge in [-0.15, -0.1) is 11.8 Å². The zero-order valence-electron chi connectivity index (χ0n) is 11.0. The lowest BCUT2D eigenvalue weighted by Gasteiger charge is -2.11. The van der Waals surface area contributed by atoms with Crippen molar-refractivity contribution >= 4 is 23.4 Å². The highest BCUT2D eigenvalue weighted by atomic mass is 35.5.